The molecule has 23 heavy (non-hydrogen) atoms. The minimum absolute atomic E-state index is 0.0536. The van der Waals surface area contributed by atoms with E-state index in [1.165, 1.54) is 24.8 Å². The Bertz CT molecular complexity index is 872. The van der Waals surface area contributed by atoms with E-state index in [1.807, 2.05) is 37.3 Å². The molecule has 0 aliphatic carbocycles. The van der Waals surface area contributed by atoms with Crippen LogP contribution in [0.4, 0.5) is 5.82 Å². The minimum atomic E-state index is -0.546. The molecule has 2 heterocycles. The maximum absolute atomic E-state index is 12.2. The molecule has 7 heteroatoms. The highest BCUT2D eigenvalue weighted by atomic mass is 16.2. The first-order valence-electron chi connectivity index (χ1n) is 7.08. The van der Waals surface area contributed by atoms with E-state index in [2.05, 4.69) is 20.3 Å². The highest BCUT2D eigenvalue weighted by Crippen LogP contribution is 2.15. The molecule has 0 fully saturated rings. The third kappa shape index (κ3) is 3.18. The number of benzene rings is 1. The van der Waals surface area contributed by atoms with Crippen LogP contribution in [-0.2, 0) is 0 Å². The average molecular weight is 309 g/mol. The molecule has 3 aromatic rings. The molecule has 0 aliphatic rings. The number of nitrogens with zero attached hydrogens (tertiary/aromatic N) is 3. The second-order valence-electron chi connectivity index (χ2n) is 5.04. The molecule has 0 spiro atoms. The summed E-state index contributed by atoms with van der Waals surface area (Å²) >= 11 is 0. The SMILES string of the molecule is C[C@H](Nc1cc(=O)n(-c2cncnc2)c(=O)[nH]1)c1ccccc1. The zero-order chi connectivity index (χ0) is 16.2. The number of aromatic nitrogens is 4. The van der Waals surface area contributed by atoms with E-state index in [4.69, 9.17) is 0 Å². The van der Waals surface area contributed by atoms with Gasteiger partial charge in [-0.25, -0.2) is 19.3 Å². The fourth-order valence-electron chi connectivity index (χ4n) is 2.28. The van der Waals surface area contributed by atoms with Gasteiger partial charge in [-0.1, -0.05) is 30.3 Å². The Kier molecular flexibility index (Phi) is 4.01. The number of nitrogens with one attached hydrogen (secondary N) is 2. The highest BCUT2D eigenvalue weighted by molar-refractivity contribution is 5.38. The maximum atomic E-state index is 12.2. The lowest BCUT2D eigenvalue weighted by Crippen LogP contribution is -2.34. The third-order valence-corrected chi connectivity index (χ3v) is 3.41. The molecular formula is C16H15N5O2. The van der Waals surface area contributed by atoms with Crippen molar-refractivity contribution in [1.82, 2.24) is 19.5 Å². The van der Waals surface area contributed by atoms with E-state index < -0.39 is 11.2 Å². The van der Waals surface area contributed by atoms with Crippen molar-refractivity contribution in [3.63, 3.8) is 0 Å². The van der Waals surface area contributed by atoms with Gasteiger partial charge in [-0.3, -0.25) is 9.78 Å². The van der Waals surface area contributed by atoms with Gasteiger partial charge in [-0.2, -0.15) is 0 Å². The number of H-pyrrole nitrogens is 1. The molecule has 0 saturated carbocycles. The van der Waals surface area contributed by atoms with Gasteiger partial charge in [-0.15, -0.1) is 0 Å². The van der Waals surface area contributed by atoms with E-state index in [0.29, 0.717) is 11.5 Å². The molecule has 3 rings (SSSR count). The standard InChI is InChI=1S/C16H15N5O2/c1-11(12-5-3-2-4-6-12)19-14-7-15(22)21(16(23)20-14)13-8-17-10-18-9-13/h2-11,19H,1H3,(H,20,23)/t11-/m0/s1. The van der Waals surface area contributed by atoms with Gasteiger partial charge in [0.05, 0.1) is 18.1 Å². The predicted molar refractivity (Wildman–Crippen MR) is 86.7 cm³/mol. The molecule has 116 valence electrons. The summed E-state index contributed by atoms with van der Waals surface area (Å²) in [6.07, 6.45) is 4.15. The van der Waals surface area contributed by atoms with Gasteiger partial charge in [0.25, 0.3) is 5.56 Å². The Labute approximate surface area is 131 Å². The number of hydrogen-bond acceptors (Lipinski definition) is 5. The van der Waals surface area contributed by atoms with Crippen LogP contribution >= 0.6 is 0 Å². The number of hydrogen-bond donors (Lipinski definition) is 2. The highest BCUT2D eigenvalue weighted by Gasteiger charge is 2.10. The van der Waals surface area contributed by atoms with Gasteiger partial charge in [0, 0.05) is 12.1 Å². The van der Waals surface area contributed by atoms with E-state index in [1.54, 1.807) is 0 Å². The van der Waals surface area contributed by atoms with Crippen LogP contribution in [0.5, 0.6) is 0 Å². The molecule has 0 aliphatic heterocycles. The Morgan fingerprint density at radius 3 is 2.48 bits per heavy atom. The van der Waals surface area contributed by atoms with Gasteiger partial charge in [-0.05, 0) is 12.5 Å². The van der Waals surface area contributed by atoms with Gasteiger partial charge in [0.15, 0.2) is 0 Å². The number of anilines is 1. The summed E-state index contributed by atoms with van der Waals surface area (Å²) in [5.74, 6) is 0.365. The van der Waals surface area contributed by atoms with Crippen molar-refractivity contribution in [2.24, 2.45) is 0 Å². The van der Waals surface area contributed by atoms with Crippen LogP contribution in [0.25, 0.3) is 5.69 Å². The summed E-state index contributed by atoms with van der Waals surface area (Å²) in [6, 6.07) is 11.0. The molecule has 0 bridgehead atoms. The van der Waals surface area contributed by atoms with Crippen molar-refractivity contribution in [2.75, 3.05) is 5.32 Å². The van der Waals surface area contributed by atoms with Gasteiger partial charge in [0.1, 0.15) is 12.1 Å². The first kappa shape index (κ1) is 14.7. The van der Waals surface area contributed by atoms with Crippen LogP contribution in [0.3, 0.4) is 0 Å². The van der Waals surface area contributed by atoms with Crippen molar-refractivity contribution in [1.29, 1.82) is 0 Å². The van der Waals surface area contributed by atoms with Crippen molar-refractivity contribution >= 4 is 5.82 Å². The van der Waals surface area contributed by atoms with Crippen molar-refractivity contribution in [2.45, 2.75) is 13.0 Å². The van der Waals surface area contributed by atoms with Gasteiger partial charge >= 0.3 is 5.69 Å². The summed E-state index contributed by atoms with van der Waals surface area (Å²) in [7, 11) is 0. The Hall–Kier alpha value is -3.22. The Morgan fingerprint density at radius 2 is 1.83 bits per heavy atom. The predicted octanol–water partition coefficient (Wildman–Crippen LogP) is 1.49. The quantitative estimate of drug-likeness (QED) is 0.761. The lowest BCUT2D eigenvalue weighted by atomic mass is 10.1. The molecule has 7 nitrogen and oxygen atoms in total. The first-order valence-corrected chi connectivity index (χ1v) is 7.08. The van der Waals surface area contributed by atoms with Crippen molar-refractivity contribution in [3.05, 3.63) is 81.5 Å². The van der Waals surface area contributed by atoms with Gasteiger partial charge < -0.3 is 5.32 Å². The van der Waals surface area contributed by atoms with E-state index in [-0.39, 0.29) is 6.04 Å². The first-order chi connectivity index (χ1) is 11.1. The van der Waals surface area contributed by atoms with Gasteiger partial charge in [0.2, 0.25) is 0 Å². The molecule has 2 N–H and O–H groups in total. The molecular weight excluding hydrogens is 294 g/mol. The molecule has 2 aromatic heterocycles. The van der Waals surface area contributed by atoms with E-state index in [0.717, 1.165) is 10.1 Å². The maximum Gasteiger partial charge on any atom is 0.334 e. The fraction of sp³-hybridized carbons (Fsp3) is 0.125. The normalized spacial score (nSPS) is 11.9. The average Bonchev–Trinajstić information content (AvgIpc) is 2.56. The third-order valence-electron chi connectivity index (χ3n) is 3.41. The second kappa shape index (κ2) is 6.27. The summed E-state index contributed by atoms with van der Waals surface area (Å²) in [5, 5.41) is 3.12. The minimum Gasteiger partial charge on any atom is -0.365 e. The lowest BCUT2D eigenvalue weighted by molar-refractivity contribution is 0.830. The lowest BCUT2D eigenvalue weighted by Gasteiger charge is -2.15. The molecule has 0 radical (unpaired) electrons. The monoisotopic (exact) mass is 309 g/mol. The zero-order valence-corrected chi connectivity index (χ0v) is 12.4. The van der Waals surface area contributed by atoms with Crippen LogP contribution in [0.2, 0.25) is 0 Å². The molecule has 1 atom stereocenters. The summed E-state index contributed by atoms with van der Waals surface area (Å²) in [4.78, 5) is 34.7. The molecule has 1 aromatic carbocycles. The number of aromatic amines is 1. The smallest absolute Gasteiger partial charge is 0.334 e. The Balaban J connectivity index is 1.92. The van der Waals surface area contributed by atoms with Crippen molar-refractivity contribution in [3.8, 4) is 5.69 Å². The van der Waals surface area contributed by atoms with Crippen LogP contribution in [-0.4, -0.2) is 19.5 Å². The second-order valence-corrected chi connectivity index (χ2v) is 5.04. The van der Waals surface area contributed by atoms with E-state index >= 15 is 0 Å². The van der Waals surface area contributed by atoms with Crippen LogP contribution in [0.1, 0.15) is 18.5 Å². The summed E-state index contributed by atoms with van der Waals surface area (Å²) < 4.78 is 0.984. The molecule has 0 saturated heterocycles. The van der Waals surface area contributed by atoms with Crippen LogP contribution in [0, 0.1) is 0 Å². The van der Waals surface area contributed by atoms with E-state index in [9.17, 15) is 9.59 Å². The largest absolute Gasteiger partial charge is 0.365 e. The summed E-state index contributed by atoms with van der Waals surface area (Å²) in [6.45, 7) is 1.95. The molecule has 0 unspecified atom stereocenters. The van der Waals surface area contributed by atoms with Crippen LogP contribution in [0.15, 0.2) is 64.7 Å². The molecule has 0 amide bonds. The van der Waals surface area contributed by atoms with Crippen LogP contribution < -0.4 is 16.6 Å². The topological polar surface area (TPSA) is 92.7 Å². The number of rotatable bonds is 4. The zero-order valence-electron chi connectivity index (χ0n) is 12.4. The fourth-order valence-corrected chi connectivity index (χ4v) is 2.28. The van der Waals surface area contributed by atoms with Crippen molar-refractivity contribution < 1.29 is 0 Å². The summed E-state index contributed by atoms with van der Waals surface area (Å²) in [5.41, 5.74) is 0.372. The Morgan fingerprint density at radius 1 is 1.13 bits per heavy atom.